The zero-order chi connectivity index (χ0) is 14.2. The molecule has 0 unspecified atom stereocenters. The van der Waals surface area contributed by atoms with Crippen molar-refractivity contribution in [3.63, 3.8) is 0 Å². The number of nitriles is 1. The highest BCUT2D eigenvalue weighted by Gasteiger charge is 2.39. The van der Waals surface area contributed by atoms with Crippen LogP contribution in [-0.4, -0.2) is 6.54 Å². The van der Waals surface area contributed by atoms with E-state index in [9.17, 15) is 0 Å². The number of nitrogens with one attached hydrogen (secondary N) is 2. The van der Waals surface area contributed by atoms with Gasteiger partial charge in [0.25, 0.3) is 0 Å². The van der Waals surface area contributed by atoms with Crippen molar-refractivity contribution in [3.8, 4) is 6.07 Å². The molecule has 1 saturated heterocycles. The number of hydrogen-bond acceptors (Lipinski definition) is 3. The largest absolute Gasteiger partial charge is 0.378 e. The monoisotopic (exact) mass is 275 g/mol. The molecular formula is C18H17N3. The van der Waals surface area contributed by atoms with E-state index in [-0.39, 0.29) is 0 Å². The van der Waals surface area contributed by atoms with Crippen molar-refractivity contribution < 1.29 is 0 Å². The second-order valence-corrected chi connectivity index (χ2v) is 5.83. The van der Waals surface area contributed by atoms with Gasteiger partial charge >= 0.3 is 0 Å². The summed E-state index contributed by atoms with van der Waals surface area (Å²) in [6, 6.07) is 19.5. The molecule has 2 aliphatic heterocycles. The molecule has 0 amide bonds. The average molecular weight is 275 g/mol. The lowest BCUT2D eigenvalue weighted by molar-refractivity contribution is 0.391. The number of rotatable bonds is 1. The third-order valence-electron chi connectivity index (χ3n) is 4.70. The fraction of sp³-hybridized carbons (Fsp3) is 0.278. The van der Waals surface area contributed by atoms with Crippen molar-refractivity contribution in [2.75, 3.05) is 11.9 Å². The van der Waals surface area contributed by atoms with Crippen LogP contribution in [0.25, 0.3) is 0 Å². The summed E-state index contributed by atoms with van der Waals surface area (Å²) < 4.78 is 0. The van der Waals surface area contributed by atoms with Crippen LogP contribution in [-0.2, 0) is 0 Å². The third-order valence-corrected chi connectivity index (χ3v) is 4.70. The molecule has 4 rings (SSSR count). The molecule has 2 aliphatic rings. The number of nitrogens with zero attached hydrogens (tertiary/aromatic N) is 1. The van der Waals surface area contributed by atoms with E-state index in [0.717, 1.165) is 12.1 Å². The highest BCUT2D eigenvalue weighted by Crippen LogP contribution is 2.46. The van der Waals surface area contributed by atoms with Gasteiger partial charge < -0.3 is 10.6 Å². The Morgan fingerprint density at radius 1 is 1.00 bits per heavy atom. The molecule has 3 heteroatoms. The normalized spacial score (nSPS) is 26.3. The van der Waals surface area contributed by atoms with Crippen LogP contribution >= 0.6 is 0 Å². The van der Waals surface area contributed by atoms with Gasteiger partial charge in [-0.15, -0.1) is 0 Å². The van der Waals surface area contributed by atoms with Crippen LogP contribution in [0.5, 0.6) is 0 Å². The number of anilines is 1. The zero-order valence-electron chi connectivity index (χ0n) is 11.7. The van der Waals surface area contributed by atoms with Gasteiger partial charge in [0.15, 0.2) is 0 Å². The maximum atomic E-state index is 8.94. The van der Waals surface area contributed by atoms with E-state index in [2.05, 4.69) is 53.1 Å². The quantitative estimate of drug-likeness (QED) is 0.838. The van der Waals surface area contributed by atoms with Gasteiger partial charge in [-0.25, -0.2) is 0 Å². The van der Waals surface area contributed by atoms with Crippen LogP contribution in [0.15, 0.2) is 48.5 Å². The maximum absolute atomic E-state index is 8.94. The summed E-state index contributed by atoms with van der Waals surface area (Å²) in [5.74, 6) is 0.563. The Hall–Kier alpha value is -2.31. The molecule has 2 N–H and O–H groups in total. The van der Waals surface area contributed by atoms with E-state index in [1.807, 2.05) is 12.1 Å². The van der Waals surface area contributed by atoms with Crippen molar-refractivity contribution in [1.82, 2.24) is 5.32 Å². The average Bonchev–Trinajstić information content (AvgIpc) is 3.04. The maximum Gasteiger partial charge on any atom is 0.0991 e. The van der Waals surface area contributed by atoms with Gasteiger partial charge in [-0.3, -0.25) is 0 Å². The molecule has 3 atom stereocenters. The van der Waals surface area contributed by atoms with Crippen LogP contribution in [0.3, 0.4) is 0 Å². The summed E-state index contributed by atoms with van der Waals surface area (Å²) in [6.07, 6.45) is 1.18. The second kappa shape index (κ2) is 4.91. The van der Waals surface area contributed by atoms with E-state index in [0.29, 0.717) is 18.0 Å². The Kier molecular flexibility index (Phi) is 2.90. The molecule has 0 aromatic heterocycles. The van der Waals surface area contributed by atoms with Gasteiger partial charge in [0, 0.05) is 17.6 Å². The van der Waals surface area contributed by atoms with Gasteiger partial charge in [-0.1, -0.05) is 30.3 Å². The number of benzene rings is 2. The van der Waals surface area contributed by atoms with Crippen LogP contribution in [0, 0.1) is 17.2 Å². The lowest BCUT2D eigenvalue weighted by Crippen LogP contribution is -2.32. The van der Waals surface area contributed by atoms with Crippen molar-refractivity contribution in [1.29, 1.82) is 5.26 Å². The molecule has 2 heterocycles. The topological polar surface area (TPSA) is 47.9 Å². The molecule has 0 spiro atoms. The van der Waals surface area contributed by atoms with E-state index in [4.69, 9.17) is 5.26 Å². The number of para-hydroxylation sites is 1. The second-order valence-electron chi connectivity index (χ2n) is 5.83. The van der Waals surface area contributed by atoms with Gasteiger partial charge in [-0.2, -0.15) is 5.26 Å². The van der Waals surface area contributed by atoms with E-state index >= 15 is 0 Å². The minimum atomic E-state index is 0.313. The molecule has 3 nitrogen and oxygen atoms in total. The molecule has 2 aromatic carbocycles. The highest BCUT2D eigenvalue weighted by molar-refractivity contribution is 5.57. The fourth-order valence-corrected chi connectivity index (χ4v) is 3.69. The molecular weight excluding hydrogens is 258 g/mol. The standard InChI is InChI=1S/C18H17N3/c19-11-12-5-7-13(8-6-12)17-15-9-10-20-18(15)14-3-1-2-4-16(14)21-17/h1-8,15,17-18,20-21H,9-10H2/t15-,17-,18-/m1/s1. The summed E-state index contributed by atoms with van der Waals surface area (Å²) >= 11 is 0. The van der Waals surface area contributed by atoms with Crippen LogP contribution in [0.2, 0.25) is 0 Å². The van der Waals surface area contributed by atoms with Crippen molar-refractivity contribution >= 4 is 5.69 Å². The van der Waals surface area contributed by atoms with Crippen molar-refractivity contribution in [2.24, 2.45) is 5.92 Å². The summed E-state index contributed by atoms with van der Waals surface area (Å²) in [4.78, 5) is 0. The number of fused-ring (bicyclic) bond motifs is 3. The lowest BCUT2D eigenvalue weighted by atomic mass is 9.80. The third kappa shape index (κ3) is 2.00. The first-order valence-electron chi connectivity index (χ1n) is 7.46. The predicted octanol–water partition coefficient (Wildman–Crippen LogP) is 3.38. The minimum absolute atomic E-state index is 0.313. The summed E-state index contributed by atoms with van der Waals surface area (Å²) in [6.45, 7) is 1.07. The zero-order valence-corrected chi connectivity index (χ0v) is 11.7. The van der Waals surface area contributed by atoms with Gasteiger partial charge in [0.05, 0.1) is 17.7 Å². The van der Waals surface area contributed by atoms with Crippen LogP contribution in [0.4, 0.5) is 5.69 Å². The minimum Gasteiger partial charge on any atom is -0.378 e. The first-order chi connectivity index (χ1) is 10.4. The SMILES string of the molecule is N#Cc1ccc([C@H]2Nc3ccccc3[C@H]3NCC[C@H]23)cc1. The molecule has 2 aromatic rings. The molecule has 104 valence electrons. The molecule has 21 heavy (non-hydrogen) atoms. The Morgan fingerprint density at radius 2 is 1.81 bits per heavy atom. The first-order valence-corrected chi connectivity index (χ1v) is 7.46. The van der Waals surface area contributed by atoms with Gasteiger partial charge in [-0.05, 0) is 42.3 Å². The molecule has 1 fully saturated rings. The summed E-state index contributed by atoms with van der Waals surface area (Å²) in [5.41, 5.74) is 4.59. The first kappa shape index (κ1) is 12.4. The molecule has 0 radical (unpaired) electrons. The number of hydrogen-bond donors (Lipinski definition) is 2. The molecule has 0 aliphatic carbocycles. The Balaban J connectivity index is 1.74. The highest BCUT2D eigenvalue weighted by atomic mass is 15.0. The van der Waals surface area contributed by atoms with Crippen molar-refractivity contribution in [3.05, 3.63) is 65.2 Å². The van der Waals surface area contributed by atoms with E-state index in [1.165, 1.54) is 23.2 Å². The predicted molar refractivity (Wildman–Crippen MR) is 82.8 cm³/mol. The van der Waals surface area contributed by atoms with E-state index in [1.54, 1.807) is 0 Å². The van der Waals surface area contributed by atoms with Gasteiger partial charge in [0.1, 0.15) is 0 Å². The van der Waals surface area contributed by atoms with E-state index < -0.39 is 0 Å². The Labute approximate surface area is 124 Å². The lowest BCUT2D eigenvalue weighted by Gasteiger charge is -2.37. The van der Waals surface area contributed by atoms with Crippen molar-refractivity contribution in [2.45, 2.75) is 18.5 Å². The van der Waals surface area contributed by atoms with Gasteiger partial charge in [0.2, 0.25) is 0 Å². The fourth-order valence-electron chi connectivity index (χ4n) is 3.69. The summed E-state index contributed by atoms with van der Waals surface area (Å²) in [7, 11) is 0. The molecule has 0 bridgehead atoms. The Bertz CT molecular complexity index is 699. The smallest absolute Gasteiger partial charge is 0.0991 e. The van der Waals surface area contributed by atoms with Crippen LogP contribution < -0.4 is 10.6 Å². The summed E-state index contributed by atoms with van der Waals surface area (Å²) in [5, 5.41) is 16.3. The molecule has 0 saturated carbocycles. The Morgan fingerprint density at radius 3 is 2.62 bits per heavy atom. The van der Waals surface area contributed by atoms with Crippen LogP contribution in [0.1, 0.15) is 35.2 Å².